The topological polar surface area (TPSA) is 78.9 Å². The fraction of sp³-hybridized carbons (Fsp3) is 0.720. The lowest BCUT2D eigenvalue weighted by Gasteiger charge is -2.18. The maximum absolute atomic E-state index is 12.9. The zero-order valence-electron chi connectivity index (χ0n) is 53.3. The number of rotatable bonds is 62. The molecule has 0 aromatic rings. The molecule has 6 heteroatoms. The van der Waals surface area contributed by atoms with E-state index < -0.39 is 6.10 Å². The molecule has 0 spiro atoms. The molecule has 0 aliphatic heterocycles. The van der Waals surface area contributed by atoms with E-state index in [1.165, 1.54) is 193 Å². The van der Waals surface area contributed by atoms with E-state index in [1.807, 2.05) is 6.08 Å². The first kappa shape index (κ1) is 77.1. The third kappa shape index (κ3) is 66.8. The summed E-state index contributed by atoms with van der Waals surface area (Å²) in [4.78, 5) is 38.2. The van der Waals surface area contributed by atoms with Gasteiger partial charge in [0, 0.05) is 19.3 Å². The van der Waals surface area contributed by atoms with Gasteiger partial charge < -0.3 is 14.2 Å². The van der Waals surface area contributed by atoms with Gasteiger partial charge in [-0.05, 0) is 96.3 Å². The summed E-state index contributed by atoms with van der Waals surface area (Å²) in [6, 6.07) is 0. The van der Waals surface area contributed by atoms with Crippen molar-refractivity contribution in [3.05, 3.63) is 109 Å². The SMILES string of the molecule is CC/C=C\C/C=C\C/C=C\C/C=C\C/C=C\C/C=C\CCC(=O)OC(COC(=O)CCCCCCCCCCCCC)COC(=O)CCCCCCCCCCCCCCCCCCCC/C=C\C/C=C\C/C=C\CCCCCCC. The van der Waals surface area contributed by atoms with Gasteiger partial charge in [0.15, 0.2) is 6.10 Å². The van der Waals surface area contributed by atoms with E-state index >= 15 is 0 Å². The molecule has 0 radical (unpaired) electrons. The van der Waals surface area contributed by atoms with Gasteiger partial charge in [-0.3, -0.25) is 14.4 Å². The molecule has 0 aliphatic rings. The quantitative estimate of drug-likeness (QED) is 0.0261. The predicted octanol–water partition coefficient (Wildman–Crippen LogP) is 23.8. The van der Waals surface area contributed by atoms with Crippen molar-refractivity contribution in [2.75, 3.05) is 13.2 Å². The molecular weight excluding hydrogens is 997 g/mol. The molecule has 0 aliphatic carbocycles. The van der Waals surface area contributed by atoms with Gasteiger partial charge >= 0.3 is 17.9 Å². The van der Waals surface area contributed by atoms with Crippen LogP contribution < -0.4 is 0 Å². The van der Waals surface area contributed by atoms with Crippen LogP contribution in [0.1, 0.15) is 329 Å². The van der Waals surface area contributed by atoms with Crippen LogP contribution in [0.5, 0.6) is 0 Å². The first-order valence-electron chi connectivity index (χ1n) is 34.4. The zero-order valence-corrected chi connectivity index (χ0v) is 53.3. The number of esters is 3. The van der Waals surface area contributed by atoms with Crippen molar-refractivity contribution in [1.82, 2.24) is 0 Å². The van der Waals surface area contributed by atoms with E-state index in [1.54, 1.807) is 0 Å². The van der Waals surface area contributed by atoms with Crippen LogP contribution in [0, 0.1) is 0 Å². The average molecular weight is 1130 g/mol. The van der Waals surface area contributed by atoms with Crippen LogP contribution in [0.25, 0.3) is 0 Å². The number of hydrogen-bond acceptors (Lipinski definition) is 6. The molecule has 1 unspecified atom stereocenters. The van der Waals surface area contributed by atoms with Crippen LogP contribution in [0.15, 0.2) is 109 Å². The van der Waals surface area contributed by atoms with E-state index in [4.69, 9.17) is 14.2 Å². The van der Waals surface area contributed by atoms with Crippen LogP contribution in [-0.4, -0.2) is 37.2 Å². The lowest BCUT2D eigenvalue weighted by molar-refractivity contribution is -0.166. The molecule has 0 aromatic carbocycles. The van der Waals surface area contributed by atoms with Crippen molar-refractivity contribution in [2.45, 2.75) is 335 Å². The molecule has 0 fully saturated rings. The summed E-state index contributed by atoms with van der Waals surface area (Å²) in [5, 5.41) is 0. The van der Waals surface area contributed by atoms with Gasteiger partial charge in [-0.15, -0.1) is 0 Å². The van der Waals surface area contributed by atoms with Crippen LogP contribution in [0.3, 0.4) is 0 Å². The van der Waals surface area contributed by atoms with Crippen LogP contribution >= 0.6 is 0 Å². The molecule has 0 saturated carbocycles. The third-order valence-electron chi connectivity index (χ3n) is 14.8. The van der Waals surface area contributed by atoms with E-state index in [0.717, 1.165) is 89.9 Å². The van der Waals surface area contributed by atoms with Crippen molar-refractivity contribution in [1.29, 1.82) is 0 Å². The number of carbonyl (C=O) groups is 3. The fourth-order valence-corrected chi connectivity index (χ4v) is 9.65. The lowest BCUT2D eigenvalue weighted by atomic mass is 10.0. The summed E-state index contributed by atoms with van der Waals surface area (Å²) < 4.78 is 16.8. The Morgan fingerprint density at radius 2 is 0.506 bits per heavy atom. The summed E-state index contributed by atoms with van der Waals surface area (Å²) in [6.45, 7) is 6.47. The molecule has 0 amide bonds. The van der Waals surface area contributed by atoms with E-state index in [2.05, 4.69) is 124 Å². The first-order chi connectivity index (χ1) is 40.0. The number of ether oxygens (including phenoxy) is 3. The van der Waals surface area contributed by atoms with Crippen LogP contribution in [0.4, 0.5) is 0 Å². The molecule has 1 atom stereocenters. The highest BCUT2D eigenvalue weighted by atomic mass is 16.6. The Morgan fingerprint density at radius 1 is 0.259 bits per heavy atom. The molecule has 6 nitrogen and oxygen atoms in total. The fourth-order valence-electron chi connectivity index (χ4n) is 9.65. The van der Waals surface area contributed by atoms with E-state index in [0.29, 0.717) is 19.3 Å². The van der Waals surface area contributed by atoms with Crippen molar-refractivity contribution in [3.8, 4) is 0 Å². The second-order valence-electron chi connectivity index (χ2n) is 22.7. The molecule has 81 heavy (non-hydrogen) atoms. The van der Waals surface area contributed by atoms with Gasteiger partial charge in [-0.25, -0.2) is 0 Å². The summed E-state index contributed by atoms with van der Waals surface area (Å²) in [7, 11) is 0. The molecule has 0 bridgehead atoms. The summed E-state index contributed by atoms with van der Waals surface area (Å²) in [5.74, 6) is -0.980. The minimum atomic E-state index is -0.818. The minimum Gasteiger partial charge on any atom is -0.462 e. The van der Waals surface area contributed by atoms with Gasteiger partial charge in [0.25, 0.3) is 0 Å². The normalized spacial score (nSPS) is 12.8. The molecule has 0 N–H and O–H groups in total. The Kier molecular flexibility index (Phi) is 65.2. The zero-order chi connectivity index (χ0) is 58.5. The predicted molar refractivity (Wildman–Crippen MR) is 353 cm³/mol. The first-order valence-corrected chi connectivity index (χ1v) is 34.4. The Labute approximate surface area is 501 Å². The number of allylic oxidation sites excluding steroid dienone is 18. The number of carbonyl (C=O) groups excluding carboxylic acids is 3. The number of hydrogen-bond donors (Lipinski definition) is 0. The summed E-state index contributed by atoms with van der Waals surface area (Å²) in [5.41, 5.74) is 0. The van der Waals surface area contributed by atoms with Crippen molar-refractivity contribution in [2.24, 2.45) is 0 Å². The molecule has 0 saturated heterocycles. The van der Waals surface area contributed by atoms with Crippen LogP contribution in [-0.2, 0) is 28.6 Å². The minimum absolute atomic E-state index is 0.105. The van der Waals surface area contributed by atoms with Crippen molar-refractivity contribution >= 4 is 17.9 Å². The Morgan fingerprint density at radius 3 is 0.802 bits per heavy atom. The average Bonchev–Trinajstić information content (AvgIpc) is 3.47. The smallest absolute Gasteiger partial charge is 0.306 e. The Balaban J connectivity index is 4.21. The molecule has 0 aromatic heterocycles. The number of unbranched alkanes of at least 4 members (excludes halogenated alkanes) is 33. The van der Waals surface area contributed by atoms with Crippen molar-refractivity contribution < 1.29 is 28.6 Å². The molecule has 0 rings (SSSR count). The van der Waals surface area contributed by atoms with Crippen LogP contribution in [0.2, 0.25) is 0 Å². The highest BCUT2D eigenvalue weighted by Gasteiger charge is 2.19. The van der Waals surface area contributed by atoms with E-state index in [9.17, 15) is 14.4 Å². The van der Waals surface area contributed by atoms with Crippen molar-refractivity contribution in [3.63, 3.8) is 0 Å². The Bertz CT molecular complexity index is 1620. The molecule has 0 heterocycles. The van der Waals surface area contributed by atoms with Gasteiger partial charge in [-0.1, -0.05) is 323 Å². The second-order valence-corrected chi connectivity index (χ2v) is 22.7. The highest BCUT2D eigenvalue weighted by molar-refractivity contribution is 5.71. The monoisotopic (exact) mass is 1120 g/mol. The third-order valence-corrected chi connectivity index (χ3v) is 14.8. The Hall–Kier alpha value is -3.93. The van der Waals surface area contributed by atoms with Gasteiger partial charge in [-0.2, -0.15) is 0 Å². The molecular formula is C75H128O6. The highest BCUT2D eigenvalue weighted by Crippen LogP contribution is 2.17. The van der Waals surface area contributed by atoms with Gasteiger partial charge in [0.2, 0.25) is 0 Å². The standard InChI is InChI=1S/C75H128O6/c1-4-7-10-13-16-19-22-24-26-28-30-31-32-33-34-35-36-37-38-39-40-41-42-43-45-46-48-50-53-56-59-62-65-68-74(77)80-71-72(70-79-73(76)67-64-61-58-55-52-21-18-15-12-9-6-3)81-75(78)69-66-63-60-57-54-51-49-47-44-29-27-25-23-20-17-14-11-8-5-2/h8,11,17,20,22,24-25,27-28,30,32-33,44,47,51,54,60,63,72H,4-7,9-10,12-16,18-19,21,23,26,29,31,34-43,45-46,48-50,52-53,55-59,61-62,64-71H2,1-3H3/b11-8-,20-17-,24-22-,27-25-,30-28-,33-32-,47-44-,54-51-,63-60-. The van der Waals surface area contributed by atoms with E-state index in [-0.39, 0.29) is 37.5 Å². The van der Waals surface area contributed by atoms with Gasteiger partial charge in [0.1, 0.15) is 13.2 Å². The summed E-state index contributed by atoms with van der Waals surface area (Å²) >= 11 is 0. The maximum atomic E-state index is 12.9. The molecule has 464 valence electrons. The van der Waals surface area contributed by atoms with Gasteiger partial charge in [0.05, 0.1) is 0 Å². The summed E-state index contributed by atoms with van der Waals surface area (Å²) in [6.07, 6.45) is 94.3. The second kappa shape index (κ2) is 68.6. The largest absolute Gasteiger partial charge is 0.462 e. The maximum Gasteiger partial charge on any atom is 0.306 e. The lowest BCUT2D eigenvalue weighted by Crippen LogP contribution is -2.30.